The molecule has 2 heterocycles. The van der Waals surface area contributed by atoms with Crippen molar-refractivity contribution in [3.05, 3.63) is 35.4 Å². The normalized spacial score (nSPS) is 23.4. The SMILES string of the molecule is O=S(=O)(CCc1ccc(C(F)(F)F)cc1)N1CCC[C@H](C2OCCO2)C1. The topological polar surface area (TPSA) is 55.8 Å². The number of halogens is 3. The quantitative estimate of drug-likeness (QED) is 0.772. The van der Waals surface area contributed by atoms with E-state index >= 15 is 0 Å². The van der Waals surface area contributed by atoms with E-state index in [0.717, 1.165) is 25.0 Å². The minimum atomic E-state index is -4.39. The molecule has 26 heavy (non-hydrogen) atoms. The average Bonchev–Trinajstić information content (AvgIpc) is 3.14. The maximum atomic E-state index is 12.6. The monoisotopic (exact) mass is 393 g/mol. The van der Waals surface area contributed by atoms with Crippen LogP contribution in [-0.4, -0.2) is 51.1 Å². The molecule has 0 unspecified atom stereocenters. The third kappa shape index (κ3) is 4.76. The van der Waals surface area contributed by atoms with Crippen LogP contribution in [0.4, 0.5) is 13.2 Å². The van der Waals surface area contributed by atoms with E-state index in [1.807, 2.05) is 0 Å². The number of hydrogen-bond acceptors (Lipinski definition) is 4. The summed E-state index contributed by atoms with van der Waals surface area (Å²) in [4.78, 5) is 0. The van der Waals surface area contributed by atoms with Gasteiger partial charge < -0.3 is 9.47 Å². The molecule has 5 nitrogen and oxygen atoms in total. The van der Waals surface area contributed by atoms with E-state index in [1.165, 1.54) is 16.4 Å². The van der Waals surface area contributed by atoms with E-state index in [9.17, 15) is 21.6 Å². The van der Waals surface area contributed by atoms with E-state index in [1.54, 1.807) is 0 Å². The van der Waals surface area contributed by atoms with Gasteiger partial charge >= 0.3 is 6.18 Å². The first-order valence-corrected chi connectivity index (χ1v) is 10.2. The van der Waals surface area contributed by atoms with Gasteiger partial charge in [-0.25, -0.2) is 12.7 Å². The zero-order valence-electron chi connectivity index (χ0n) is 14.2. The van der Waals surface area contributed by atoms with E-state index in [4.69, 9.17) is 9.47 Å². The summed E-state index contributed by atoms with van der Waals surface area (Å²) >= 11 is 0. The summed E-state index contributed by atoms with van der Waals surface area (Å²) in [6.45, 7) is 1.88. The predicted molar refractivity (Wildman–Crippen MR) is 88.9 cm³/mol. The van der Waals surface area contributed by atoms with Crippen molar-refractivity contribution in [1.82, 2.24) is 4.31 Å². The van der Waals surface area contributed by atoms with Gasteiger partial charge in [0.15, 0.2) is 6.29 Å². The maximum absolute atomic E-state index is 12.6. The van der Waals surface area contributed by atoms with Gasteiger partial charge in [0.2, 0.25) is 10.0 Å². The molecule has 3 rings (SSSR count). The second-order valence-corrected chi connectivity index (χ2v) is 8.72. The Morgan fingerprint density at radius 2 is 1.77 bits per heavy atom. The van der Waals surface area contributed by atoms with Gasteiger partial charge in [-0.3, -0.25) is 0 Å². The van der Waals surface area contributed by atoms with Crippen LogP contribution in [0.3, 0.4) is 0 Å². The lowest BCUT2D eigenvalue weighted by Gasteiger charge is -2.33. The predicted octanol–water partition coefficient (Wildman–Crippen LogP) is 2.66. The molecule has 2 saturated heterocycles. The zero-order valence-corrected chi connectivity index (χ0v) is 15.1. The van der Waals surface area contributed by atoms with Gasteiger partial charge in [0, 0.05) is 19.0 Å². The Hall–Kier alpha value is -1.16. The third-order valence-corrected chi connectivity index (χ3v) is 6.61. The van der Waals surface area contributed by atoms with Crippen molar-refractivity contribution in [2.24, 2.45) is 5.92 Å². The van der Waals surface area contributed by atoms with E-state index in [0.29, 0.717) is 31.9 Å². The Bertz CT molecular complexity index is 700. The number of nitrogens with zero attached hydrogens (tertiary/aromatic N) is 1. The molecular weight excluding hydrogens is 371 g/mol. The second-order valence-electron chi connectivity index (χ2n) is 6.63. The number of aryl methyl sites for hydroxylation is 1. The Morgan fingerprint density at radius 1 is 1.12 bits per heavy atom. The molecule has 1 atom stereocenters. The summed E-state index contributed by atoms with van der Waals surface area (Å²) in [6, 6.07) is 4.62. The molecule has 2 fully saturated rings. The molecule has 0 spiro atoms. The van der Waals surface area contributed by atoms with Gasteiger partial charge in [0.05, 0.1) is 24.5 Å². The lowest BCUT2D eigenvalue weighted by Crippen LogP contribution is -2.44. The van der Waals surface area contributed by atoms with Crippen LogP contribution >= 0.6 is 0 Å². The van der Waals surface area contributed by atoms with Gasteiger partial charge in [0.1, 0.15) is 0 Å². The summed E-state index contributed by atoms with van der Waals surface area (Å²) in [5.41, 5.74) is -0.169. The Labute approximate surface area is 151 Å². The fourth-order valence-electron chi connectivity index (χ4n) is 3.33. The summed E-state index contributed by atoms with van der Waals surface area (Å²) in [7, 11) is -3.48. The molecule has 146 valence electrons. The first kappa shape index (κ1) is 19.6. The molecule has 2 aliphatic heterocycles. The van der Waals surface area contributed by atoms with Crippen LogP contribution in [0.5, 0.6) is 0 Å². The highest BCUT2D eigenvalue weighted by molar-refractivity contribution is 7.89. The van der Waals surface area contributed by atoms with Crippen molar-refractivity contribution in [2.75, 3.05) is 32.1 Å². The number of sulfonamides is 1. The fourth-order valence-corrected chi connectivity index (χ4v) is 4.91. The van der Waals surface area contributed by atoms with E-state index in [2.05, 4.69) is 0 Å². The molecule has 0 amide bonds. The molecule has 0 N–H and O–H groups in total. The van der Waals surface area contributed by atoms with Crippen molar-refractivity contribution in [3.63, 3.8) is 0 Å². The second kappa shape index (κ2) is 7.84. The number of hydrogen-bond donors (Lipinski definition) is 0. The number of benzene rings is 1. The molecule has 1 aromatic rings. The molecule has 0 saturated carbocycles. The molecule has 0 bridgehead atoms. The van der Waals surface area contributed by atoms with Crippen LogP contribution in [0.2, 0.25) is 0 Å². The van der Waals surface area contributed by atoms with Crippen molar-refractivity contribution in [2.45, 2.75) is 31.7 Å². The molecule has 0 aliphatic carbocycles. The van der Waals surface area contributed by atoms with Crippen LogP contribution in [0.25, 0.3) is 0 Å². The van der Waals surface area contributed by atoms with Crippen molar-refractivity contribution in [3.8, 4) is 0 Å². The van der Waals surface area contributed by atoms with Crippen LogP contribution < -0.4 is 0 Å². The summed E-state index contributed by atoms with van der Waals surface area (Å²) < 4.78 is 75.4. The highest BCUT2D eigenvalue weighted by Crippen LogP contribution is 2.29. The van der Waals surface area contributed by atoms with E-state index in [-0.39, 0.29) is 24.4 Å². The molecule has 0 aromatic heterocycles. The highest BCUT2D eigenvalue weighted by atomic mass is 32.2. The Kier molecular flexibility index (Phi) is 5.91. The standard InChI is InChI=1S/C17H22F3NO4S/c18-17(19,20)15-5-3-13(4-6-15)7-11-26(22,23)21-8-1-2-14(12-21)16-24-9-10-25-16/h3-6,14,16H,1-2,7-12H2/t14-/m0/s1. The smallest absolute Gasteiger partial charge is 0.350 e. The van der Waals surface area contributed by atoms with Crippen molar-refractivity contribution >= 4 is 10.0 Å². The lowest BCUT2D eigenvalue weighted by atomic mass is 9.99. The van der Waals surface area contributed by atoms with Crippen molar-refractivity contribution in [1.29, 1.82) is 0 Å². The largest absolute Gasteiger partial charge is 0.416 e. The van der Waals surface area contributed by atoms with Gasteiger partial charge in [-0.2, -0.15) is 13.2 Å². The molecule has 9 heteroatoms. The highest BCUT2D eigenvalue weighted by Gasteiger charge is 2.35. The summed E-state index contributed by atoms with van der Waals surface area (Å²) in [5, 5.41) is 0. The minimum absolute atomic E-state index is 0.0205. The number of alkyl halides is 3. The first-order chi connectivity index (χ1) is 12.3. The van der Waals surface area contributed by atoms with Gasteiger partial charge in [-0.05, 0) is 37.0 Å². The molecular formula is C17H22F3NO4S. The average molecular weight is 393 g/mol. The number of piperidine rings is 1. The number of rotatable bonds is 5. The van der Waals surface area contributed by atoms with Crippen LogP contribution in [0, 0.1) is 5.92 Å². The zero-order chi connectivity index (χ0) is 18.8. The van der Waals surface area contributed by atoms with Crippen LogP contribution in [0.1, 0.15) is 24.0 Å². The third-order valence-electron chi connectivity index (χ3n) is 4.78. The number of ether oxygens (including phenoxy) is 2. The molecule has 2 aliphatic rings. The van der Waals surface area contributed by atoms with Gasteiger partial charge in [-0.15, -0.1) is 0 Å². The molecule has 1 aromatic carbocycles. The van der Waals surface area contributed by atoms with Crippen molar-refractivity contribution < 1.29 is 31.1 Å². The molecule has 0 radical (unpaired) electrons. The first-order valence-electron chi connectivity index (χ1n) is 8.63. The Balaban J connectivity index is 1.58. The van der Waals surface area contributed by atoms with Gasteiger partial charge in [-0.1, -0.05) is 12.1 Å². The minimum Gasteiger partial charge on any atom is -0.350 e. The van der Waals surface area contributed by atoms with Gasteiger partial charge in [0.25, 0.3) is 0 Å². The fraction of sp³-hybridized carbons (Fsp3) is 0.647. The van der Waals surface area contributed by atoms with E-state index < -0.39 is 21.8 Å². The Morgan fingerprint density at radius 3 is 2.38 bits per heavy atom. The lowest BCUT2D eigenvalue weighted by molar-refractivity contribution is -0.137. The van der Waals surface area contributed by atoms with Crippen LogP contribution in [0.15, 0.2) is 24.3 Å². The summed E-state index contributed by atoms with van der Waals surface area (Å²) in [6.07, 6.45) is -2.96. The van der Waals surface area contributed by atoms with Crippen LogP contribution in [-0.2, 0) is 32.1 Å². The summed E-state index contributed by atoms with van der Waals surface area (Å²) in [5.74, 6) is -0.107. The maximum Gasteiger partial charge on any atom is 0.416 e.